The second-order valence-electron chi connectivity index (χ2n) is 6.09. The average molecular weight is 374 g/mol. The molecule has 1 aromatic carbocycles. The average Bonchev–Trinajstić information content (AvgIpc) is 3.37. The Morgan fingerprint density at radius 3 is 2.82 bits per heavy atom. The molecule has 28 heavy (non-hydrogen) atoms. The molecular weight excluding hydrogens is 356 g/mol. The standard InChI is InChI=1S/C21H18N4O3/c26-21(20-17(9-12-27-20)15-28-18-6-2-1-3-7-18)23-19-8-11-25(24-19)14-16-5-4-10-22-13-16/h1-13H,14-15H2,(H,23,24,26). The Morgan fingerprint density at radius 2 is 2.00 bits per heavy atom. The van der Waals surface area contributed by atoms with Gasteiger partial charge >= 0.3 is 0 Å². The monoisotopic (exact) mass is 374 g/mol. The summed E-state index contributed by atoms with van der Waals surface area (Å²) in [5.74, 6) is 1.01. The minimum atomic E-state index is -0.372. The van der Waals surface area contributed by atoms with Gasteiger partial charge in [0.15, 0.2) is 11.6 Å². The predicted molar refractivity (Wildman–Crippen MR) is 103 cm³/mol. The van der Waals surface area contributed by atoms with Gasteiger partial charge in [-0.1, -0.05) is 24.3 Å². The molecule has 3 heterocycles. The lowest BCUT2D eigenvalue weighted by atomic mass is 10.2. The Kier molecular flexibility index (Phi) is 5.15. The van der Waals surface area contributed by atoms with E-state index in [9.17, 15) is 4.79 Å². The van der Waals surface area contributed by atoms with Gasteiger partial charge in [0.1, 0.15) is 12.4 Å². The van der Waals surface area contributed by atoms with E-state index in [0.717, 1.165) is 11.3 Å². The normalized spacial score (nSPS) is 10.6. The van der Waals surface area contributed by atoms with Crippen molar-refractivity contribution < 1.29 is 13.9 Å². The van der Waals surface area contributed by atoms with Gasteiger partial charge in [0.05, 0.1) is 12.8 Å². The number of hydrogen-bond acceptors (Lipinski definition) is 5. The Hall–Kier alpha value is -3.87. The lowest BCUT2D eigenvalue weighted by molar-refractivity contribution is 0.0993. The molecule has 1 amide bonds. The summed E-state index contributed by atoms with van der Waals surface area (Å²) < 4.78 is 12.8. The number of aromatic nitrogens is 3. The van der Waals surface area contributed by atoms with Crippen molar-refractivity contribution in [3.63, 3.8) is 0 Å². The highest BCUT2D eigenvalue weighted by Crippen LogP contribution is 2.17. The number of furan rings is 1. The lowest BCUT2D eigenvalue weighted by Gasteiger charge is -2.06. The van der Waals surface area contributed by atoms with Gasteiger partial charge in [-0.3, -0.25) is 14.5 Å². The predicted octanol–water partition coefficient (Wildman–Crippen LogP) is 3.75. The Bertz CT molecular complexity index is 1040. The van der Waals surface area contributed by atoms with E-state index in [1.165, 1.54) is 6.26 Å². The van der Waals surface area contributed by atoms with Crippen LogP contribution in [0, 0.1) is 0 Å². The Labute approximate surface area is 161 Å². The molecule has 0 saturated heterocycles. The van der Waals surface area contributed by atoms with Crippen molar-refractivity contribution in [2.75, 3.05) is 5.32 Å². The van der Waals surface area contributed by atoms with E-state index in [0.29, 0.717) is 17.9 Å². The number of amides is 1. The number of ether oxygens (including phenoxy) is 1. The Balaban J connectivity index is 1.39. The van der Waals surface area contributed by atoms with Crippen LogP contribution >= 0.6 is 0 Å². The summed E-state index contributed by atoms with van der Waals surface area (Å²) in [6, 6.07) is 16.7. The molecule has 0 radical (unpaired) electrons. The third kappa shape index (κ3) is 4.27. The molecule has 0 saturated carbocycles. The van der Waals surface area contributed by atoms with Gasteiger partial charge in [0, 0.05) is 30.2 Å². The van der Waals surface area contributed by atoms with Crippen LogP contribution in [-0.2, 0) is 13.2 Å². The number of benzene rings is 1. The first kappa shape index (κ1) is 17.5. The largest absolute Gasteiger partial charge is 0.489 e. The maximum absolute atomic E-state index is 12.6. The van der Waals surface area contributed by atoms with Gasteiger partial charge < -0.3 is 14.5 Å². The van der Waals surface area contributed by atoms with Crippen molar-refractivity contribution in [3.8, 4) is 5.75 Å². The zero-order chi connectivity index (χ0) is 19.2. The fraction of sp³-hybridized carbons (Fsp3) is 0.0952. The number of nitrogens with one attached hydrogen (secondary N) is 1. The van der Waals surface area contributed by atoms with E-state index >= 15 is 0 Å². The van der Waals surface area contributed by atoms with Gasteiger partial charge in [-0.2, -0.15) is 5.10 Å². The van der Waals surface area contributed by atoms with Crippen molar-refractivity contribution in [3.05, 3.63) is 96.3 Å². The minimum absolute atomic E-state index is 0.206. The number of anilines is 1. The van der Waals surface area contributed by atoms with Crippen molar-refractivity contribution in [1.82, 2.24) is 14.8 Å². The molecule has 3 aromatic heterocycles. The SMILES string of the molecule is O=C(Nc1ccn(Cc2cccnc2)n1)c1occc1COc1ccccc1. The summed E-state index contributed by atoms with van der Waals surface area (Å²) in [7, 11) is 0. The first-order valence-corrected chi connectivity index (χ1v) is 8.76. The van der Waals surface area contributed by atoms with E-state index in [2.05, 4.69) is 15.4 Å². The maximum atomic E-state index is 12.6. The third-order valence-corrected chi connectivity index (χ3v) is 4.04. The highest BCUT2D eigenvalue weighted by Gasteiger charge is 2.17. The van der Waals surface area contributed by atoms with Crippen LogP contribution < -0.4 is 10.1 Å². The van der Waals surface area contributed by atoms with Crippen molar-refractivity contribution >= 4 is 11.7 Å². The van der Waals surface area contributed by atoms with Crippen LogP contribution in [0.25, 0.3) is 0 Å². The van der Waals surface area contributed by atoms with Crippen LogP contribution in [0.4, 0.5) is 5.82 Å². The summed E-state index contributed by atoms with van der Waals surface area (Å²) in [6.45, 7) is 0.805. The molecule has 7 nitrogen and oxygen atoms in total. The number of hydrogen-bond donors (Lipinski definition) is 1. The topological polar surface area (TPSA) is 82.2 Å². The quantitative estimate of drug-likeness (QED) is 0.533. The third-order valence-electron chi connectivity index (χ3n) is 4.04. The number of carbonyl (C=O) groups is 1. The highest BCUT2D eigenvalue weighted by atomic mass is 16.5. The molecule has 140 valence electrons. The number of nitrogens with zero attached hydrogens (tertiary/aromatic N) is 3. The first-order valence-electron chi connectivity index (χ1n) is 8.76. The minimum Gasteiger partial charge on any atom is -0.489 e. The fourth-order valence-corrected chi connectivity index (χ4v) is 2.69. The van der Waals surface area contributed by atoms with Gasteiger partial charge in [0.25, 0.3) is 5.91 Å². The molecule has 0 unspecified atom stereocenters. The smallest absolute Gasteiger partial charge is 0.292 e. The molecule has 0 aliphatic rings. The van der Waals surface area contributed by atoms with Gasteiger partial charge in [-0.15, -0.1) is 0 Å². The molecule has 0 spiro atoms. The van der Waals surface area contributed by atoms with Crippen LogP contribution in [0.1, 0.15) is 21.7 Å². The molecule has 0 atom stereocenters. The number of carbonyl (C=O) groups excluding carboxylic acids is 1. The van der Waals surface area contributed by atoms with E-state index in [4.69, 9.17) is 9.15 Å². The van der Waals surface area contributed by atoms with Crippen LogP contribution in [-0.4, -0.2) is 20.7 Å². The van der Waals surface area contributed by atoms with E-state index in [-0.39, 0.29) is 18.3 Å². The van der Waals surface area contributed by atoms with Crippen LogP contribution in [0.3, 0.4) is 0 Å². The summed E-state index contributed by atoms with van der Waals surface area (Å²) in [4.78, 5) is 16.6. The zero-order valence-corrected chi connectivity index (χ0v) is 15.0. The van der Waals surface area contributed by atoms with E-state index in [1.54, 1.807) is 35.4 Å². The fourth-order valence-electron chi connectivity index (χ4n) is 2.69. The lowest BCUT2D eigenvalue weighted by Crippen LogP contribution is -2.14. The summed E-state index contributed by atoms with van der Waals surface area (Å²) in [6.07, 6.45) is 6.77. The van der Waals surface area contributed by atoms with E-state index < -0.39 is 0 Å². The number of rotatable bonds is 7. The second-order valence-corrected chi connectivity index (χ2v) is 6.09. The molecule has 0 aliphatic heterocycles. The molecule has 1 N–H and O–H groups in total. The van der Waals surface area contributed by atoms with Crippen molar-refractivity contribution in [2.45, 2.75) is 13.2 Å². The van der Waals surface area contributed by atoms with E-state index in [1.807, 2.05) is 42.5 Å². The molecule has 4 aromatic rings. The van der Waals surface area contributed by atoms with Gasteiger partial charge in [-0.05, 0) is 29.8 Å². The van der Waals surface area contributed by atoms with Crippen molar-refractivity contribution in [1.29, 1.82) is 0 Å². The molecule has 0 fully saturated rings. The molecule has 0 bridgehead atoms. The molecular formula is C21H18N4O3. The molecule has 4 rings (SSSR count). The summed E-state index contributed by atoms with van der Waals surface area (Å²) in [5.41, 5.74) is 1.69. The highest BCUT2D eigenvalue weighted by molar-refractivity contribution is 6.02. The van der Waals surface area contributed by atoms with Crippen LogP contribution in [0.15, 0.2) is 83.9 Å². The van der Waals surface area contributed by atoms with Crippen LogP contribution in [0.5, 0.6) is 5.75 Å². The zero-order valence-electron chi connectivity index (χ0n) is 15.0. The second kappa shape index (κ2) is 8.22. The summed E-state index contributed by atoms with van der Waals surface area (Å²) in [5, 5.41) is 7.12. The summed E-state index contributed by atoms with van der Waals surface area (Å²) >= 11 is 0. The number of para-hydroxylation sites is 1. The molecule has 0 aliphatic carbocycles. The first-order chi connectivity index (χ1) is 13.8. The maximum Gasteiger partial charge on any atom is 0.292 e. The molecule has 7 heteroatoms. The number of pyridine rings is 1. The van der Waals surface area contributed by atoms with Gasteiger partial charge in [-0.25, -0.2) is 0 Å². The van der Waals surface area contributed by atoms with Crippen molar-refractivity contribution in [2.24, 2.45) is 0 Å². The van der Waals surface area contributed by atoms with Crippen LogP contribution in [0.2, 0.25) is 0 Å². The Morgan fingerprint density at radius 1 is 1.11 bits per heavy atom. The van der Waals surface area contributed by atoms with Gasteiger partial charge in [0.2, 0.25) is 0 Å².